The second kappa shape index (κ2) is 3.33. The number of hydrogen-bond acceptors (Lipinski definition) is 0. The van der Waals surface area contributed by atoms with Crippen molar-refractivity contribution in [2.45, 2.75) is 12.7 Å². The topological polar surface area (TPSA) is 23.8 Å². The van der Waals surface area contributed by atoms with E-state index in [-0.39, 0.29) is 12.1 Å². The van der Waals surface area contributed by atoms with Crippen LogP contribution in [-0.4, -0.2) is 0 Å². The van der Waals surface area contributed by atoms with Crippen LogP contribution in [-0.2, 0) is 12.7 Å². The molecule has 0 fully saturated rings. The van der Waals surface area contributed by atoms with Gasteiger partial charge in [-0.3, -0.25) is 5.73 Å². The number of nitrogens with one attached hydrogen (secondary N) is 1. The van der Waals surface area contributed by atoms with Crippen molar-refractivity contribution in [3.8, 4) is 0 Å². The molecule has 0 aromatic heterocycles. The minimum absolute atomic E-state index is 0.0343. The minimum atomic E-state index is -4.53. The fourth-order valence-electron chi connectivity index (χ4n) is 0.867. The standard InChI is InChI=1S/C8H6F4N/c9-7-3-6(8(10,11)12)2-1-5(7)4-13/h1-3,13H,4H2. The van der Waals surface area contributed by atoms with E-state index in [0.29, 0.717) is 6.07 Å². The van der Waals surface area contributed by atoms with Crippen LogP contribution in [0.1, 0.15) is 11.1 Å². The molecular formula is C8H6F4N. The van der Waals surface area contributed by atoms with Gasteiger partial charge in [0.2, 0.25) is 0 Å². The predicted octanol–water partition coefficient (Wildman–Crippen LogP) is 2.63. The molecule has 0 atom stereocenters. The van der Waals surface area contributed by atoms with Gasteiger partial charge in [0, 0.05) is 12.1 Å². The van der Waals surface area contributed by atoms with Crippen LogP contribution in [0.4, 0.5) is 17.6 Å². The van der Waals surface area contributed by atoms with Crippen molar-refractivity contribution in [3.05, 3.63) is 35.1 Å². The highest BCUT2D eigenvalue weighted by molar-refractivity contribution is 5.26. The first-order valence-electron chi connectivity index (χ1n) is 3.45. The number of hydrogen-bond donors (Lipinski definition) is 0. The summed E-state index contributed by atoms with van der Waals surface area (Å²) in [6.07, 6.45) is -4.53. The van der Waals surface area contributed by atoms with E-state index in [4.69, 9.17) is 5.73 Å². The molecule has 0 aliphatic heterocycles. The zero-order valence-electron chi connectivity index (χ0n) is 6.45. The highest BCUT2D eigenvalue weighted by Crippen LogP contribution is 2.30. The van der Waals surface area contributed by atoms with Gasteiger partial charge in [-0.25, -0.2) is 4.39 Å². The van der Waals surface area contributed by atoms with Gasteiger partial charge < -0.3 is 0 Å². The van der Waals surface area contributed by atoms with E-state index in [0.717, 1.165) is 12.1 Å². The smallest absolute Gasteiger partial charge is 0.253 e. The van der Waals surface area contributed by atoms with Gasteiger partial charge in [0.1, 0.15) is 5.82 Å². The molecule has 1 nitrogen and oxygen atoms in total. The Labute approximate surface area is 72.2 Å². The van der Waals surface area contributed by atoms with Crippen molar-refractivity contribution in [2.24, 2.45) is 0 Å². The van der Waals surface area contributed by atoms with Crippen molar-refractivity contribution in [1.82, 2.24) is 5.73 Å². The number of alkyl halides is 3. The zero-order valence-corrected chi connectivity index (χ0v) is 6.45. The molecule has 1 radical (unpaired) electrons. The van der Waals surface area contributed by atoms with Crippen molar-refractivity contribution < 1.29 is 17.6 Å². The van der Waals surface area contributed by atoms with Gasteiger partial charge in [-0.1, -0.05) is 6.07 Å². The lowest BCUT2D eigenvalue weighted by Crippen LogP contribution is -2.06. The molecule has 0 amide bonds. The predicted molar refractivity (Wildman–Crippen MR) is 38.2 cm³/mol. The van der Waals surface area contributed by atoms with Crippen LogP contribution >= 0.6 is 0 Å². The minimum Gasteiger partial charge on any atom is -0.253 e. The molecule has 1 aromatic rings. The quantitative estimate of drug-likeness (QED) is 0.611. The number of rotatable bonds is 1. The molecule has 0 bridgehead atoms. The Hall–Kier alpha value is -1.10. The summed E-state index contributed by atoms with van der Waals surface area (Å²) in [5, 5.41) is 0. The summed E-state index contributed by atoms with van der Waals surface area (Å²) >= 11 is 0. The molecule has 1 rings (SSSR count). The first-order chi connectivity index (χ1) is 5.95. The summed E-state index contributed by atoms with van der Waals surface area (Å²) in [6.45, 7) is -0.357. The van der Waals surface area contributed by atoms with Crippen LogP contribution in [0.25, 0.3) is 0 Å². The highest BCUT2D eigenvalue weighted by Gasteiger charge is 2.30. The third-order valence-electron chi connectivity index (χ3n) is 1.57. The fourth-order valence-corrected chi connectivity index (χ4v) is 0.867. The normalized spacial score (nSPS) is 11.8. The third-order valence-corrected chi connectivity index (χ3v) is 1.57. The maximum Gasteiger partial charge on any atom is 0.416 e. The van der Waals surface area contributed by atoms with E-state index in [9.17, 15) is 17.6 Å². The summed E-state index contributed by atoms with van der Waals surface area (Å²) in [5.41, 5.74) is 5.73. The molecule has 13 heavy (non-hydrogen) atoms. The van der Waals surface area contributed by atoms with Gasteiger partial charge in [0.05, 0.1) is 5.56 Å². The van der Waals surface area contributed by atoms with Crippen LogP contribution in [0.2, 0.25) is 0 Å². The van der Waals surface area contributed by atoms with Gasteiger partial charge in [0.15, 0.2) is 0 Å². The first-order valence-corrected chi connectivity index (χ1v) is 3.45. The Morgan fingerprint density at radius 3 is 2.23 bits per heavy atom. The first kappa shape index (κ1) is 9.98. The lowest BCUT2D eigenvalue weighted by Gasteiger charge is -2.07. The van der Waals surface area contributed by atoms with Crippen molar-refractivity contribution in [3.63, 3.8) is 0 Å². The van der Waals surface area contributed by atoms with Crippen LogP contribution in [0.5, 0.6) is 0 Å². The summed E-state index contributed by atoms with van der Waals surface area (Å²) in [7, 11) is 0. The maximum atomic E-state index is 12.8. The number of benzene rings is 1. The van der Waals surface area contributed by atoms with E-state index in [1.807, 2.05) is 0 Å². The molecule has 0 unspecified atom stereocenters. The number of halogens is 4. The van der Waals surface area contributed by atoms with Gasteiger partial charge >= 0.3 is 6.18 Å². The average Bonchev–Trinajstić information content (AvgIpc) is 2.02. The Morgan fingerprint density at radius 2 is 1.85 bits per heavy atom. The average molecular weight is 192 g/mol. The van der Waals surface area contributed by atoms with Crippen molar-refractivity contribution in [2.75, 3.05) is 0 Å². The second-order valence-corrected chi connectivity index (χ2v) is 2.48. The van der Waals surface area contributed by atoms with Crippen molar-refractivity contribution in [1.29, 1.82) is 0 Å². The molecule has 71 valence electrons. The van der Waals surface area contributed by atoms with Crippen LogP contribution in [0, 0.1) is 5.82 Å². The van der Waals surface area contributed by atoms with Gasteiger partial charge in [-0.15, -0.1) is 0 Å². The Balaban J connectivity index is 3.10. The Morgan fingerprint density at radius 1 is 1.23 bits per heavy atom. The maximum absolute atomic E-state index is 12.8. The van der Waals surface area contributed by atoms with Crippen molar-refractivity contribution >= 4 is 0 Å². The van der Waals surface area contributed by atoms with Gasteiger partial charge in [-0.2, -0.15) is 13.2 Å². The Kier molecular flexibility index (Phi) is 2.56. The SMILES string of the molecule is [NH]Cc1ccc(C(F)(F)F)cc1F. The molecule has 1 N–H and O–H groups in total. The molecule has 0 saturated heterocycles. The lowest BCUT2D eigenvalue weighted by atomic mass is 10.1. The van der Waals surface area contributed by atoms with E-state index >= 15 is 0 Å². The third kappa shape index (κ3) is 2.18. The lowest BCUT2D eigenvalue weighted by molar-refractivity contribution is -0.137. The van der Waals surface area contributed by atoms with E-state index in [2.05, 4.69) is 0 Å². The summed E-state index contributed by atoms with van der Waals surface area (Å²) in [4.78, 5) is 0. The monoisotopic (exact) mass is 192 g/mol. The zero-order chi connectivity index (χ0) is 10.1. The van der Waals surface area contributed by atoms with Crippen LogP contribution in [0.15, 0.2) is 18.2 Å². The van der Waals surface area contributed by atoms with Gasteiger partial charge in [-0.05, 0) is 12.1 Å². The molecule has 0 spiro atoms. The Bertz CT molecular complexity index is 306. The second-order valence-electron chi connectivity index (χ2n) is 2.48. The molecule has 5 heteroatoms. The van der Waals surface area contributed by atoms with Crippen LogP contribution < -0.4 is 5.73 Å². The van der Waals surface area contributed by atoms with Gasteiger partial charge in [0.25, 0.3) is 0 Å². The highest BCUT2D eigenvalue weighted by atomic mass is 19.4. The van der Waals surface area contributed by atoms with E-state index in [1.165, 1.54) is 0 Å². The van der Waals surface area contributed by atoms with E-state index < -0.39 is 17.6 Å². The molecule has 1 aromatic carbocycles. The summed E-state index contributed by atoms with van der Waals surface area (Å²) < 4.78 is 48.7. The van der Waals surface area contributed by atoms with Crippen LogP contribution in [0.3, 0.4) is 0 Å². The molecular weight excluding hydrogens is 186 g/mol. The summed E-state index contributed by atoms with van der Waals surface area (Å²) in [6, 6.07) is 2.15. The molecule has 0 aliphatic rings. The fraction of sp³-hybridized carbons (Fsp3) is 0.250. The summed E-state index contributed by atoms with van der Waals surface area (Å²) in [5.74, 6) is -0.982. The molecule has 0 saturated carbocycles. The molecule has 0 aliphatic carbocycles. The van der Waals surface area contributed by atoms with E-state index in [1.54, 1.807) is 0 Å². The molecule has 0 heterocycles. The largest absolute Gasteiger partial charge is 0.416 e.